The van der Waals surface area contributed by atoms with Crippen molar-refractivity contribution in [2.24, 2.45) is 0 Å². The molecule has 0 unspecified atom stereocenters. The van der Waals surface area contributed by atoms with Gasteiger partial charge < -0.3 is 18.6 Å². The van der Waals surface area contributed by atoms with Gasteiger partial charge in [-0.2, -0.15) is 0 Å². The molecule has 2 aromatic carbocycles. The maximum atomic E-state index is 12.4. The van der Waals surface area contributed by atoms with E-state index in [1.165, 1.54) is 16.4 Å². The third kappa shape index (κ3) is 4.27. The molecule has 0 radical (unpaired) electrons. The fraction of sp³-hybridized carbons (Fsp3) is 0.429. The zero-order valence-corrected chi connectivity index (χ0v) is 22.3. The van der Waals surface area contributed by atoms with Crippen LogP contribution in [0.1, 0.15) is 34.6 Å². The quantitative estimate of drug-likeness (QED) is 0.478. The van der Waals surface area contributed by atoms with Gasteiger partial charge in [0.25, 0.3) is 20.1 Å². The SMILES string of the molecule is CC1(C)O[C@@H]2[C@H](O1)[C@@H](CO[Si](c1ccccc1)(c1ccccc1)C(C)(C)C)O[C@H]2C1=CC(=O)NC1=O. The Morgan fingerprint density at radius 3 is 1.97 bits per heavy atom. The number of ether oxygens (including phenoxy) is 3. The molecule has 0 bridgehead atoms. The maximum Gasteiger partial charge on any atom is 0.261 e. The first-order valence-electron chi connectivity index (χ1n) is 12.3. The summed E-state index contributed by atoms with van der Waals surface area (Å²) in [5.41, 5.74) is 0.268. The zero-order chi connectivity index (χ0) is 25.7. The molecule has 0 saturated carbocycles. The van der Waals surface area contributed by atoms with Gasteiger partial charge >= 0.3 is 0 Å². The minimum atomic E-state index is -2.80. The van der Waals surface area contributed by atoms with Crippen LogP contribution in [-0.2, 0) is 28.2 Å². The van der Waals surface area contributed by atoms with Crippen molar-refractivity contribution in [3.8, 4) is 0 Å². The lowest BCUT2D eigenvalue weighted by Gasteiger charge is -2.43. The van der Waals surface area contributed by atoms with E-state index in [2.05, 4.69) is 50.4 Å². The van der Waals surface area contributed by atoms with Crippen LogP contribution in [0, 0.1) is 0 Å². The van der Waals surface area contributed by atoms with Crippen LogP contribution in [0.15, 0.2) is 72.3 Å². The summed E-state index contributed by atoms with van der Waals surface area (Å²) in [5, 5.41) is 4.45. The van der Waals surface area contributed by atoms with E-state index in [0.29, 0.717) is 0 Å². The van der Waals surface area contributed by atoms with Crippen LogP contribution in [0.4, 0.5) is 0 Å². The third-order valence-electron chi connectivity index (χ3n) is 7.12. The Labute approximate surface area is 212 Å². The number of imide groups is 1. The van der Waals surface area contributed by atoms with Crippen LogP contribution in [0.2, 0.25) is 5.04 Å². The van der Waals surface area contributed by atoms with Crippen molar-refractivity contribution >= 4 is 30.5 Å². The van der Waals surface area contributed by atoms with Gasteiger partial charge in [-0.1, -0.05) is 81.4 Å². The molecule has 7 nitrogen and oxygen atoms in total. The highest BCUT2D eigenvalue weighted by Crippen LogP contribution is 2.43. The van der Waals surface area contributed by atoms with Gasteiger partial charge in [0.15, 0.2) is 5.79 Å². The Kier molecular flexibility index (Phi) is 6.29. The molecule has 2 aromatic rings. The second kappa shape index (κ2) is 9.04. The summed E-state index contributed by atoms with van der Waals surface area (Å²) >= 11 is 0. The number of rotatable bonds is 6. The molecule has 2 saturated heterocycles. The Balaban J connectivity index is 1.50. The molecule has 8 heteroatoms. The smallest absolute Gasteiger partial charge is 0.261 e. The number of carbonyl (C=O) groups excluding carboxylic acids is 2. The fourth-order valence-corrected chi connectivity index (χ4v) is 10.2. The molecular formula is C28H33NO6Si. The Morgan fingerprint density at radius 1 is 0.917 bits per heavy atom. The van der Waals surface area contributed by atoms with Crippen molar-refractivity contribution in [2.75, 3.05) is 6.61 Å². The first-order valence-corrected chi connectivity index (χ1v) is 14.3. The lowest BCUT2D eigenvalue weighted by Crippen LogP contribution is -2.67. The standard InChI is InChI=1S/C28H33NO6Si/c1-27(2,3)36(18-12-8-6-9-13-18,19-14-10-7-11-15-19)32-17-21-24-25(35-28(4,5)34-24)23(33-21)20-16-22(30)29-26(20)31/h6-16,21,23-25H,17H2,1-5H3,(H,29,30,31)/t21-,23+,24-,25+/m1/s1. The Bertz CT molecular complexity index is 1130. The van der Waals surface area contributed by atoms with E-state index >= 15 is 0 Å². The molecule has 4 atom stereocenters. The Morgan fingerprint density at radius 2 is 1.47 bits per heavy atom. The monoisotopic (exact) mass is 507 g/mol. The summed E-state index contributed by atoms with van der Waals surface area (Å²) in [4.78, 5) is 24.3. The van der Waals surface area contributed by atoms with Gasteiger partial charge in [-0.25, -0.2) is 0 Å². The average molecular weight is 508 g/mol. The molecule has 2 fully saturated rings. The number of fused-ring (bicyclic) bond motifs is 1. The highest BCUT2D eigenvalue weighted by atomic mass is 28.4. The van der Waals surface area contributed by atoms with Gasteiger partial charge in [0.1, 0.15) is 24.4 Å². The van der Waals surface area contributed by atoms with Gasteiger partial charge in [-0.3, -0.25) is 14.9 Å². The molecule has 0 aromatic heterocycles. The molecule has 1 N–H and O–H groups in total. The van der Waals surface area contributed by atoms with Crippen LogP contribution >= 0.6 is 0 Å². The van der Waals surface area contributed by atoms with E-state index in [0.717, 1.165) is 0 Å². The zero-order valence-electron chi connectivity index (χ0n) is 21.3. The number of amides is 2. The minimum absolute atomic E-state index is 0.195. The Hall–Kier alpha value is -2.62. The summed E-state index contributed by atoms with van der Waals surface area (Å²) in [7, 11) is -2.80. The predicted molar refractivity (Wildman–Crippen MR) is 137 cm³/mol. The molecule has 2 amide bonds. The molecule has 190 valence electrons. The maximum absolute atomic E-state index is 12.4. The highest BCUT2D eigenvalue weighted by Gasteiger charge is 2.58. The molecular weight excluding hydrogens is 474 g/mol. The van der Waals surface area contributed by atoms with Crippen LogP contribution in [0.3, 0.4) is 0 Å². The number of hydrogen-bond acceptors (Lipinski definition) is 6. The predicted octanol–water partition coefficient (Wildman–Crippen LogP) is 2.43. The third-order valence-corrected chi connectivity index (χ3v) is 12.1. The van der Waals surface area contributed by atoms with Crippen molar-refractivity contribution < 1.29 is 28.2 Å². The van der Waals surface area contributed by atoms with E-state index in [1.807, 2.05) is 50.2 Å². The van der Waals surface area contributed by atoms with Crippen molar-refractivity contribution in [3.05, 3.63) is 72.3 Å². The van der Waals surface area contributed by atoms with Crippen LogP contribution in [0.25, 0.3) is 0 Å². The molecule has 5 rings (SSSR count). The van der Waals surface area contributed by atoms with Crippen molar-refractivity contribution in [1.82, 2.24) is 5.32 Å². The first kappa shape index (κ1) is 25.0. The van der Waals surface area contributed by atoms with E-state index < -0.39 is 50.3 Å². The molecule has 0 spiro atoms. The van der Waals surface area contributed by atoms with E-state index in [-0.39, 0.29) is 17.2 Å². The lowest BCUT2D eigenvalue weighted by molar-refractivity contribution is -0.186. The fourth-order valence-electron chi connectivity index (χ4n) is 5.67. The topological polar surface area (TPSA) is 83.1 Å². The van der Waals surface area contributed by atoms with Crippen molar-refractivity contribution in [1.29, 1.82) is 0 Å². The number of nitrogens with one attached hydrogen (secondary N) is 1. The number of carbonyl (C=O) groups is 2. The average Bonchev–Trinajstić information content (AvgIpc) is 3.44. The van der Waals surface area contributed by atoms with Gasteiger partial charge in [0, 0.05) is 6.08 Å². The van der Waals surface area contributed by atoms with E-state index in [1.54, 1.807) is 0 Å². The van der Waals surface area contributed by atoms with Gasteiger partial charge in [-0.05, 0) is 29.3 Å². The van der Waals surface area contributed by atoms with Gasteiger partial charge in [0.2, 0.25) is 0 Å². The molecule has 3 aliphatic heterocycles. The molecule has 36 heavy (non-hydrogen) atoms. The number of hydrogen-bond donors (Lipinski definition) is 1. The summed E-state index contributed by atoms with van der Waals surface area (Å²) < 4.78 is 25.8. The molecule has 3 heterocycles. The number of benzene rings is 2. The summed E-state index contributed by atoms with van der Waals surface area (Å²) in [6.07, 6.45) is -0.850. The van der Waals surface area contributed by atoms with Gasteiger partial charge in [-0.15, -0.1) is 0 Å². The molecule has 3 aliphatic rings. The minimum Gasteiger partial charge on any atom is -0.405 e. The molecule has 0 aliphatic carbocycles. The van der Waals surface area contributed by atoms with E-state index in [4.69, 9.17) is 18.6 Å². The summed E-state index contributed by atoms with van der Waals surface area (Å²) in [6.45, 7) is 10.6. The van der Waals surface area contributed by atoms with Crippen molar-refractivity contribution in [3.63, 3.8) is 0 Å². The lowest BCUT2D eigenvalue weighted by atomic mass is 10.0. The normalized spacial score (nSPS) is 27.6. The second-order valence-corrected chi connectivity index (χ2v) is 15.4. The van der Waals surface area contributed by atoms with Crippen molar-refractivity contribution in [2.45, 2.75) is 69.9 Å². The van der Waals surface area contributed by atoms with E-state index in [9.17, 15) is 9.59 Å². The summed E-state index contributed by atoms with van der Waals surface area (Å²) in [6, 6.07) is 20.8. The largest absolute Gasteiger partial charge is 0.405 e. The summed E-state index contributed by atoms with van der Waals surface area (Å²) in [5.74, 6) is -1.74. The second-order valence-electron chi connectivity index (χ2n) is 11.1. The highest BCUT2D eigenvalue weighted by molar-refractivity contribution is 6.99. The van der Waals surface area contributed by atoms with Crippen LogP contribution < -0.4 is 15.7 Å². The van der Waals surface area contributed by atoms with Gasteiger partial charge in [0.05, 0.1) is 12.2 Å². The van der Waals surface area contributed by atoms with Crippen LogP contribution in [0.5, 0.6) is 0 Å². The first-order chi connectivity index (χ1) is 17.0. The van der Waals surface area contributed by atoms with Crippen LogP contribution in [-0.4, -0.2) is 56.9 Å².